The molecule has 1 heterocycles. The molecule has 1 aromatic rings. The molecule has 0 spiro atoms. The van der Waals surface area contributed by atoms with Crippen LogP contribution in [0.2, 0.25) is 0 Å². The normalized spacial score (nSPS) is 15.5. The van der Waals surface area contributed by atoms with Crippen molar-refractivity contribution >= 4 is 17.3 Å². The van der Waals surface area contributed by atoms with Crippen LogP contribution in [0.5, 0.6) is 0 Å². The predicted molar refractivity (Wildman–Crippen MR) is 56.4 cm³/mol. The average molecular weight is 192 g/mol. The molecule has 0 saturated carbocycles. The van der Waals surface area contributed by atoms with E-state index >= 15 is 0 Å². The number of rotatable bonds is 2. The van der Waals surface area contributed by atoms with E-state index in [1.807, 2.05) is 18.2 Å². The fourth-order valence-electron chi connectivity index (χ4n) is 1.38. The molecule has 0 aromatic heterocycles. The van der Waals surface area contributed by atoms with Crippen LogP contribution in [0.4, 0.5) is 0 Å². The van der Waals surface area contributed by atoms with Crippen molar-refractivity contribution < 1.29 is 0 Å². The Balaban J connectivity index is 2.23. The molecule has 0 unspecified atom stereocenters. The van der Waals surface area contributed by atoms with E-state index in [1.165, 1.54) is 5.56 Å². The lowest BCUT2D eigenvalue weighted by Crippen LogP contribution is -1.94. The minimum absolute atomic E-state index is 0.510. The highest BCUT2D eigenvalue weighted by Gasteiger charge is 2.08. The van der Waals surface area contributed by atoms with Crippen molar-refractivity contribution in [1.82, 2.24) is 0 Å². The second kappa shape index (κ2) is 3.75. The van der Waals surface area contributed by atoms with Crippen molar-refractivity contribution in [3.63, 3.8) is 0 Å². The number of aliphatic imine (C=N–C) groups is 1. The molecule has 0 N–H and O–H groups in total. The Morgan fingerprint density at radius 2 is 2.00 bits per heavy atom. The van der Waals surface area contributed by atoms with Crippen LogP contribution in [0.15, 0.2) is 47.1 Å². The van der Waals surface area contributed by atoms with Crippen LogP contribution in [0, 0.1) is 0 Å². The second-order valence-corrected chi connectivity index (χ2v) is 3.23. The van der Waals surface area contributed by atoms with E-state index in [1.54, 1.807) is 0 Å². The summed E-state index contributed by atoms with van der Waals surface area (Å²) in [6, 6.07) is 10.2. The minimum Gasteiger partial charge on any atom is -0.256 e. The van der Waals surface area contributed by atoms with E-state index in [-0.39, 0.29) is 0 Å². The first-order chi connectivity index (χ1) is 6.40. The molecular formula is C11H10ClN. The van der Waals surface area contributed by atoms with Gasteiger partial charge in [-0.3, -0.25) is 4.99 Å². The zero-order chi connectivity index (χ0) is 9.10. The lowest BCUT2D eigenvalue weighted by atomic mass is 10.1. The van der Waals surface area contributed by atoms with Crippen molar-refractivity contribution in [2.75, 3.05) is 5.88 Å². The van der Waals surface area contributed by atoms with E-state index in [0.717, 1.165) is 17.8 Å². The molecule has 0 radical (unpaired) electrons. The number of hydrogen-bond acceptors (Lipinski definition) is 1. The first-order valence-electron chi connectivity index (χ1n) is 4.28. The summed E-state index contributed by atoms with van der Waals surface area (Å²) in [5.41, 5.74) is 3.30. The summed E-state index contributed by atoms with van der Waals surface area (Å²) in [5.74, 6) is 0.510. The summed E-state index contributed by atoms with van der Waals surface area (Å²) in [5, 5.41) is 0. The molecule has 0 aliphatic carbocycles. The van der Waals surface area contributed by atoms with E-state index in [2.05, 4.69) is 23.2 Å². The fourth-order valence-corrected chi connectivity index (χ4v) is 1.55. The van der Waals surface area contributed by atoms with Crippen LogP contribution in [0.1, 0.15) is 12.0 Å². The lowest BCUT2D eigenvalue weighted by molar-refractivity contribution is 1.34. The van der Waals surface area contributed by atoms with Crippen molar-refractivity contribution in [2.45, 2.75) is 6.42 Å². The number of alkyl halides is 1. The fraction of sp³-hybridized carbons (Fsp3) is 0.182. The average Bonchev–Trinajstić information content (AvgIpc) is 2.67. The second-order valence-electron chi connectivity index (χ2n) is 2.96. The van der Waals surface area contributed by atoms with Gasteiger partial charge in [0.2, 0.25) is 0 Å². The van der Waals surface area contributed by atoms with Gasteiger partial charge in [-0.15, -0.1) is 11.6 Å². The number of allylic oxidation sites excluding steroid dienone is 2. The van der Waals surface area contributed by atoms with Crippen molar-refractivity contribution in [1.29, 1.82) is 0 Å². The Hall–Kier alpha value is -1.08. The number of hydrogen-bond donors (Lipinski definition) is 0. The van der Waals surface area contributed by atoms with Gasteiger partial charge >= 0.3 is 0 Å². The molecule has 66 valence electrons. The summed E-state index contributed by atoms with van der Waals surface area (Å²) in [4.78, 5) is 4.42. The minimum atomic E-state index is 0.510. The molecule has 0 atom stereocenters. The molecule has 1 aliphatic rings. The Morgan fingerprint density at radius 3 is 2.62 bits per heavy atom. The third-order valence-electron chi connectivity index (χ3n) is 2.05. The summed E-state index contributed by atoms with van der Waals surface area (Å²) in [6.07, 6.45) is 2.99. The van der Waals surface area contributed by atoms with Crippen LogP contribution >= 0.6 is 11.6 Å². The van der Waals surface area contributed by atoms with E-state index < -0.39 is 0 Å². The Bertz CT molecular complexity index is 352. The third-order valence-corrected chi connectivity index (χ3v) is 2.33. The smallest absolute Gasteiger partial charge is 0.0644 e. The van der Waals surface area contributed by atoms with Crippen LogP contribution in [-0.4, -0.2) is 11.6 Å². The van der Waals surface area contributed by atoms with Crippen LogP contribution < -0.4 is 0 Å². The molecule has 1 aromatic carbocycles. The van der Waals surface area contributed by atoms with E-state index in [0.29, 0.717) is 5.88 Å². The first-order valence-corrected chi connectivity index (χ1v) is 4.81. The highest BCUT2D eigenvalue weighted by atomic mass is 35.5. The summed E-state index contributed by atoms with van der Waals surface area (Å²) in [7, 11) is 0. The zero-order valence-corrected chi connectivity index (χ0v) is 7.96. The predicted octanol–water partition coefficient (Wildman–Crippen LogP) is 3.00. The van der Waals surface area contributed by atoms with E-state index in [9.17, 15) is 0 Å². The Morgan fingerprint density at radius 1 is 1.23 bits per heavy atom. The molecule has 2 rings (SSSR count). The lowest BCUT2D eigenvalue weighted by Gasteiger charge is -1.98. The summed E-state index contributed by atoms with van der Waals surface area (Å²) >= 11 is 5.69. The van der Waals surface area contributed by atoms with Gasteiger partial charge in [0.15, 0.2) is 0 Å². The van der Waals surface area contributed by atoms with Gasteiger partial charge in [-0.05, 0) is 5.56 Å². The zero-order valence-electron chi connectivity index (χ0n) is 7.20. The van der Waals surface area contributed by atoms with Gasteiger partial charge in [0.1, 0.15) is 0 Å². The SMILES string of the molecule is ClCC1=CCC(c2ccccc2)=N1. The largest absolute Gasteiger partial charge is 0.256 e. The molecule has 0 fully saturated rings. The van der Waals surface area contributed by atoms with E-state index in [4.69, 9.17) is 11.6 Å². The van der Waals surface area contributed by atoms with Gasteiger partial charge in [0.05, 0.1) is 17.3 Å². The molecule has 0 amide bonds. The van der Waals surface area contributed by atoms with Crippen molar-refractivity contribution in [3.05, 3.63) is 47.7 Å². The quantitative estimate of drug-likeness (QED) is 0.638. The maximum absolute atomic E-state index is 5.69. The molecule has 13 heavy (non-hydrogen) atoms. The summed E-state index contributed by atoms with van der Waals surface area (Å²) in [6.45, 7) is 0. The Labute approximate surface area is 82.8 Å². The van der Waals surface area contributed by atoms with Crippen molar-refractivity contribution in [3.8, 4) is 0 Å². The maximum atomic E-state index is 5.69. The van der Waals surface area contributed by atoms with Crippen LogP contribution in [0.3, 0.4) is 0 Å². The maximum Gasteiger partial charge on any atom is 0.0644 e. The number of nitrogens with zero attached hydrogens (tertiary/aromatic N) is 1. The standard InChI is InChI=1S/C11H10ClN/c12-8-10-6-7-11(13-10)9-4-2-1-3-5-9/h1-6H,7-8H2. The highest BCUT2D eigenvalue weighted by molar-refractivity contribution is 6.20. The Kier molecular flexibility index (Phi) is 2.46. The third kappa shape index (κ3) is 1.81. The summed E-state index contributed by atoms with van der Waals surface area (Å²) < 4.78 is 0. The number of benzene rings is 1. The molecule has 1 nitrogen and oxygen atoms in total. The molecule has 0 saturated heterocycles. The molecular weight excluding hydrogens is 182 g/mol. The highest BCUT2D eigenvalue weighted by Crippen LogP contribution is 2.16. The van der Waals surface area contributed by atoms with Gasteiger partial charge in [0, 0.05) is 6.42 Å². The van der Waals surface area contributed by atoms with Gasteiger partial charge in [0.25, 0.3) is 0 Å². The number of halogens is 1. The molecule has 1 aliphatic heterocycles. The topological polar surface area (TPSA) is 12.4 Å². The van der Waals surface area contributed by atoms with Crippen LogP contribution in [-0.2, 0) is 0 Å². The first kappa shape index (κ1) is 8.52. The van der Waals surface area contributed by atoms with Gasteiger partial charge < -0.3 is 0 Å². The van der Waals surface area contributed by atoms with Gasteiger partial charge in [-0.2, -0.15) is 0 Å². The van der Waals surface area contributed by atoms with Crippen LogP contribution in [0.25, 0.3) is 0 Å². The monoisotopic (exact) mass is 191 g/mol. The van der Waals surface area contributed by atoms with Gasteiger partial charge in [-0.1, -0.05) is 36.4 Å². The van der Waals surface area contributed by atoms with Crippen molar-refractivity contribution in [2.24, 2.45) is 4.99 Å². The molecule has 0 bridgehead atoms. The molecule has 2 heteroatoms. The van der Waals surface area contributed by atoms with Gasteiger partial charge in [-0.25, -0.2) is 0 Å².